The predicted molar refractivity (Wildman–Crippen MR) is 91.5 cm³/mol. The van der Waals surface area contributed by atoms with Crippen molar-refractivity contribution < 1.29 is 4.79 Å². The number of nitrogens with zero attached hydrogens (tertiary/aromatic N) is 6. The second-order valence-corrected chi connectivity index (χ2v) is 6.49. The first-order chi connectivity index (χ1) is 12.6. The number of nitrogens with one attached hydrogen (secondary N) is 2. The lowest BCUT2D eigenvalue weighted by Crippen LogP contribution is -2.27. The van der Waals surface area contributed by atoms with Gasteiger partial charge >= 0.3 is 0 Å². The van der Waals surface area contributed by atoms with Crippen LogP contribution in [-0.2, 0) is 30.7 Å². The number of amides is 1. The van der Waals surface area contributed by atoms with Gasteiger partial charge in [-0.2, -0.15) is 9.50 Å². The number of hydrogen-bond acceptors (Lipinski definition) is 6. The Labute approximate surface area is 148 Å². The maximum Gasteiger partial charge on any atom is 0.274 e. The van der Waals surface area contributed by atoms with E-state index in [0.29, 0.717) is 18.1 Å². The van der Waals surface area contributed by atoms with Gasteiger partial charge in [-0.25, -0.2) is 4.98 Å². The van der Waals surface area contributed by atoms with Crippen LogP contribution in [0.5, 0.6) is 0 Å². The van der Waals surface area contributed by atoms with Crippen molar-refractivity contribution in [3.8, 4) is 0 Å². The molecule has 10 heteroatoms. The molecule has 4 rings (SSSR count). The standard InChI is InChI=1S/C16H20N8O2/c1-10-7-15(26)24-16(18-10)19-11(22-24)8-14(25)17-9-13-21-20-12-5-3-2-4-6-23(12)13/h7H,2-6,8-9H2,1H3,(H,17,25)(H,18,19,22). The number of aryl methyl sites for hydroxylation is 2. The van der Waals surface area contributed by atoms with E-state index in [1.165, 1.54) is 17.0 Å². The minimum Gasteiger partial charge on any atom is -0.348 e. The lowest BCUT2D eigenvalue weighted by atomic mass is 10.2. The van der Waals surface area contributed by atoms with Crippen LogP contribution in [0.4, 0.5) is 0 Å². The van der Waals surface area contributed by atoms with Crippen LogP contribution in [0, 0.1) is 6.92 Å². The Balaban J connectivity index is 1.43. The van der Waals surface area contributed by atoms with E-state index in [1.807, 2.05) is 0 Å². The summed E-state index contributed by atoms with van der Waals surface area (Å²) in [5.41, 5.74) is 0.336. The van der Waals surface area contributed by atoms with Gasteiger partial charge in [-0.1, -0.05) is 6.42 Å². The summed E-state index contributed by atoms with van der Waals surface area (Å²) >= 11 is 0. The minimum absolute atomic E-state index is 0.0306. The molecule has 26 heavy (non-hydrogen) atoms. The highest BCUT2D eigenvalue weighted by Gasteiger charge is 2.16. The molecule has 0 atom stereocenters. The zero-order valence-electron chi connectivity index (χ0n) is 14.5. The van der Waals surface area contributed by atoms with Gasteiger partial charge in [-0.15, -0.1) is 10.2 Å². The number of carbonyl (C=O) groups excluding carboxylic acids is 1. The largest absolute Gasteiger partial charge is 0.348 e. The van der Waals surface area contributed by atoms with E-state index in [9.17, 15) is 9.59 Å². The van der Waals surface area contributed by atoms with Gasteiger partial charge < -0.3 is 9.88 Å². The van der Waals surface area contributed by atoms with Gasteiger partial charge in [-0.3, -0.25) is 14.7 Å². The average molecular weight is 356 g/mol. The Kier molecular flexibility index (Phi) is 4.23. The van der Waals surface area contributed by atoms with Crippen LogP contribution >= 0.6 is 0 Å². The van der Waals surface area contributed by atoms with Gasteiger partial charge in [0.05, 0.1) is 13.0 Å². The van der Waals surface area contributed by atoms with E-state index < -0.39 is 0 Å². The van der Waals surface area contributed by atoms with Crippen LogP contribution in [0.1, 0.15) is 42.4 Å². The molecule has 0 spiro atoms. The first-order valence-electron chi connectivity index (χ1n) is 8.73. The molecule has 0 aromatic carbocycles. The molecule has 0 saturated carbocycles. The van der Waals surface area contributed by atoms with Crippen LogP contribution in [0.3, 0.4) is 0 Å². The molecule has 2 N–H and O–H groups in total. The topological polar surface area (TPSA) is 123 Å². The Hall–Kier alpha value is -3.04. The predicted octanol–water partition coefficient (Wildman–Crippen LogP) is -0.0972. The summed E-state index contributed by atoms with van der Waals surface area (Å²) in [6, 6.07) is 1.41. The monoisotopic (exact) mass is 356 g/mol. The highest BCUT2D eigenvalue weighted by molar-refractivity contribution is 5.77. The van der Waals surface area contributed by atoms with Gasteiger partial charge in [-0.05, 0) is 19.8 Å². The summed E-state index contributed by atoms with van der Waals surface area (Å²) in [6.07, 6.45) is 4.38. The summed E-state index contributed by atoms with van der Waals surface area (Å²) in [6.45, 7) is 2.94. The number of aromatic amines is 1. The minimum atomic E-state index is -0.252. The number of rotatable bonds is 4. The third-order valence-electron chi connectivity index (χ3n) is 4.46. The molecule has 4 heterocycles. The van der Waals surface area contributed by atoms with Gasteiger partial charge in [0.2, 0.25) is 5.91 Å². The van der Waals surface area contributed by atoms with Crippen LogP contribution in [0.2, 0.25) is 0 Å². The van der Waals surface area contributed by atoms with Crippen molar-refractivity contribution in [2.75, 3.05) is 0 Å². The summed E-state index contributed by atoms with van der Waals surface area (Å²) in [4.78, 5) is 32.5. The van der Waals surface area contributed by atoms with Gasteiger partial charge in [0.1, 0.15) is 11.6 Å². The molecule has 0 saturated heterocycles. The average Bonchev–Trinajstić information content (AvgIpc) is 3.09. The molecule has 1 aliphatic rings. The number of hydrogen-bond donors (Lipinski definition) is 2. The lowest BCUT2D eigenvalue weighted by Gasteiger charge is -2.07. The fourth-order valence-corrected chi connectivity index (χ4v) is 3.18. The third-order valence-corrected chi connectivity index (χ3v) is 4.46. The molecule has 0 radical (unpaired) electrons. The fraction of sp³-hybridized carbons (Fsp3) is 0.500. The van der Waals surface area contributed by atoms with Crippen molar-refractivity contribution in [1.82, 2.24) is 39.7 Å². The molecule has 136 valence electrons. The van der Waals surface area contributed by atoms with E-state index in [2.05, 4.69) is 35.1 Å². The SMILES string of the molecule is Cc1cc(=O)n2[nH]c(CC(=O)NCc3nnc4n3CCCCC4)nc2n1. The molecule has 10 nitrogen and oxygen atoms in total. The maximum absolute atomic E-state index is 12.2. The van der Waals surface area contributed by atoms with E-state index in [0.717, 1.165) is 37.5 Å². The fourth-order valence-electron chi connectivity index (χ4n) is 3.18. The molecule has 0 unspecified atom stereocenters. The number of aromatic nitrogens is 7. The Morgan fingerprint density at radius 1 is 1.27 bits per heavy atom. The van der Waals surface area contributed by atoms with Crippen molar-refractivity contribution >= 4 is 11.7 Å². The van der Waals surface area contributed by atoms with Crippen LogP contribution in [0.15, 0.2) is 10.9 Å². The lowest BCUT2D eigenvalue weighted by molar-refractivity contribution is -0.120. The van der Waals surface area contributed by atoms with Crippen LogP contribution in [-0.4, -0.2) is 40.3 Å². The van der Waals surface area contributed by atoms with Gasteiger partial charge in [0.15, 0.2) is 5.82 Å². The summed E-state index contributed by atoms with van der Waals surface area (Å²) < 4.78 is 3.33. The van der Waals surface area contributed by atoms with Crippen molar-refractivity contribution in [2.24, 2.45) is 0 Å². The molecule has 3 aromatic rings. The molecule has 1 amide bonds. The first-order valence-corrected chi connectivity index (χ1v) is 8.73. The van der Waals surface area contributed by atoms with E-state index in [1.54, 1.807) is 6.92 Å². The van der Waals surface area contributed by atoms with E-state index in [-0.39, 0.29) is 23.7 Å². The number of carbonyl (C=O) groups is 1. The van der Waals surface area contributed by atoms with Crippen molar-refractivity contribution in [3.05, 3.63) is 39.6 Å². The Bertz CT molecular complexity index is 1020. The molecular formula is C16H20N8O2. The Morgan fingerprint density at radius 2 is 2.15 bits per heavy atom. The summed E-state index contributed by atoms with van der Waals surface area (Å²) in [5.74, 6) is 2.20. The highest BCUT2D eigenvalue weighted by Crippen LogP contribution is 2.14. The second-order valence-electron chi connectivity index (χ2n) is 6.49. The molecule has 3 aromatic heterocycles. The normalized spacial score (nSPS) is 14.2. The van der Waals surface area contributed by atoms with E-state index >= 15 is 0 Å². The zero-order valence-corrected chi connectivity index (χ0v) is 14.5. The van der Waals surface area contributed by atoms with Crippen molar-refractivity contribution in [1.29, 1.82) is 0 Å². The first kappa shape index (κ1) is 16.4. The smallest absolute Gasteiger partial charge is 0.274 e. The second kappa shape index (κ2) is 6.70. The number of H-pyrrole nitrogens is 1. The molecule has 0 bridgehead atoms. The van der Waals surface area contributed by atoms with Gasteiger partial charge in [0.25, 0.3) is 11.3 Å². The van der Waals surface area contributed by atoms with E-state index in [4.69, 9.17) is 0 Å². The molecule has 1 aliphatic heterocycles. The van der Waals surface area contributed by atoms with Gasteiger partial charge in [0, 0.05) is 24.7 Å². The molecular weight excluding hydrogens is 336 g/mol. The summed E-state index contributed by atoms with van der Waals surface area (Å²) in [7, 11) is 0. The maximum atomic E-state index is 12.2. The third kappa shape index (κ3) is 3.22. The molecule has 0 aliphatic carbocycles. The number of fused-ring (bicyclic) bond motifs is 2. The Morgan fingerprint density at radius 3 is 3.04 bits per heavy atom. The van der Waals surface area contributed by atoms with Crippen molar-refractivity contribution in [3.63, 3.8) is 0 Å². The van der Waals surface area contributed by atoms with Crippen LogP contribution in [0.25, 0.3) is 5.78 Å². The summed E-state index contributed by atoms with van der Waals surface area (Å²) in [5, 5.41) is 14.1. The zero-order chi connectivity index (χ0) is 18.1. The van der Waals surface area contributed by atoms with Crippen molar-refractivity contribution in [2.45, 2.75) is 52.1 Å². The van der Waals surface area contributed by atoms with Crippen LogP contribution < -0.4 is 10.9 Å². The molecule has 0 fully saturated rings. The highest BCUT2D eigenvalue weighted by atomic mass is 16.1. The quantitative estimate of drug-likeness (QED) is 0.673.